The van der Waals surface area contributed by atoms with Crippen LogP contribution in [0.2, 0.25) is 0 Å². The van der Waals surface area contributed by atoms with Crippen LogP contribution in [0, 0.1) is 13.8 Å². The van der Waals surface area contributed by atoms with Crippen LogP contribution in [0.3, 0.4) is 0 Å². The Hall–Kier alpha value is -2.88. The van der Waals surface area contributed by atoms with Crippen molar-refractivity contribution < 1.29 is 22.3 Å². The summed E-state index contributed by atoms with van der Waals surface area (Å²) in [5, 5.41) is 0. The number of rotatable bonds is 7. The van der Waals surface area contributed by atoms with Gasteiger partial charge in [-0.05, 0) is 37.6 Å². The van der Waals surface area contributed by atoms with E-state index in [-0.39, 0.29) is 4.90 Å². The third-order valence-electron chi connectivity index (χ3n) is 5.96. The summed E-state index contributed by atoms with van der Waals surface area (Å²) in [4.78, 5) is 7.04. The minimum absolute atomic E-state index is 0.119. The first-order chi connectivity index (χ1) is 15.8. The molecule has 1 aromatic heterocycles. The predicted octanol–water partition coefficient (Wildman–Crippen LogP) is 3.48. The molecule has 2 aromatic carbocycles. The summed E-state index contributed by atoms with van der Waals surface area (Å²) in [5.74, 6) is 2.18. The number of oxazole rings is 1. The molecule has 1 aliphatic heterocycles. The third kappa shape index (κ3) is 4.75. The Bertz CT molecular complexity index is 1230. The highest BCUT2D eigenvalue weighted by atomic mass is 32.2. The monoisotopic (exact) mass is 471 g/mol. The normalized spacial score (nSPS) is 15.5. The largest absolute Gasteiger partial charge is 0.497 e. The molecule has 9 heteroatoms. The Kier molecular flexibility index (Phi) is 6.73. The quantitative estimate of drug-likeness (QED) is 0.521. The Morgan fingerprint density at radius 3 is 2.39 bits per heavy atom. The molecule has 176 valence electrons. The van der Waals surface area contributed by atoms with Crippen molar-refractivity contribution in [2.45, 2.75) is 25.3 Å². The zero-order valence-electron chi connectivity index (χ0n) is 19.4. The van der Waals surface area contributed by atoms with Crippen LogP contribution in [-0.2, 0) is 16.6 Å². The van der Waals surface area contributed by atoms with Gasteiger partial charge in [-0.3, -0.25) is 4.90 Å². The molecule has 0 aliphatic carbocycles. The van der Waals surface area contributed by atoms with Crippen LogP contribution in [0.5, 0.6) is 11.5 Å². The Labute approximate surface area is 194 Å². The summed E-state index contributed by atoms with van der Waals surface area (Å²) >= 11 is 0. The topological polar surface area (TPSA) is 85.1 Å². The smallest absolute Gasteiger partial charge is 0.246 e. The highest BCUT2D eigenvalue weighted by Crippen LogP contribution is 2.31. The van der Waals surface area contributed by atoms with Crippen molar-refractivity contribution in [2.75, 3.05) is 40.4 Å². The van der Waals surface area contributed by atoms with Gasteiger partial charge in [0.1, 0.15) is 22.2 Å². The van der Waals surface area contributed by atoms with Gasteiger partial charge in [0.15, 0.2) is 0 Å². The van der Waals surface area contributed by atoms with Crippen LogP contribution >= 0.6 is 0 Å². The van der Waals surface area contributed by atoms with Crippen LogP contribution < -0.4 is 9.47 Å². The van der Waals surface area contributed by atoms with Crippen LogP contribution in [0.4, 0.5) is 0 Å². The Morgan fingerprint density at radius 1 is 1.00 bits per heavy atom. The second-order valence-electron chi connectivity index (χ2n) is 8.03. The molecule has 1 aliphatic rings. The highest BCUT2D eigenvalue weighted by molar-refractivity contribution is 7.89. The van der Waals surface area contributed by atoms with Crippen molar-refractivity contribution in [3.05, 3.63) is 59.5 Å². The molecule has 3 aromatic rings. The van der Waals surface area contributed by atoms with Gasteiger partial charge in [-0.2, -0.15) is 4.31 Å². The number of aromatic nitrogens is 1. The molecule has 0 saturated carbocycles. The van der Waals surface area contributed by atoms with Gasteiger partial charge in [0.25, 0.3) is 0 Å². The van der Waals surface area contributed by atoms with Gasteiger partial charge in [0.2, 0.25) is 15.9 Å². The van der Waals surface area contributed by atoms with Crippen molar-refractivity contribution in [1.82, 2.24) is 14.2 Å². The number of sulfonamides is 1. The molecule has 0 unspecified atom stereocenters. The van der Waals surface area contributed by atoms with E-state index in [9.17, 15) is 8.42 Å². The summed E-state index contributed by atoms with van der Waals surface area (Å²) in [6.07, 6.45) is 0. The number of nitrogens with zero attached hydrogens (tertiary/aromatic N) is 3. The molecule has 2 heterocycles. The molecule has 0 bridgehead atoms. The lowest BCUT2D eigenvalue weighted by Gasteiger charge is -2.33. The third-order valence-corrected chi connectivity index (χ3v) is 7.88. The standard InChI is InChI=1S/C24H29N3O5S/c1-17-7-5-6-8-20(17)24-25-21(18(2)32-24)16-26-11-13-27(14-12-26)33(28,29)23-15-19(30-3)9-10-22(23)31-4/h5-10,15H,11-14,16H2,1-4H3. The van der Waals surface area contributed by atoms with Crippen molar-refractivity contribution in [1.29, 1.82) is 0 Å². The summed E-state index contributed by atoms with van der Waals surface area (Å²) < 4.78 is 44.5. The van der Waals surface area contributed by atoms with Crippen molar-refractivity contribution in [2.24, 2.45) is 0 Å². The maximum absolute atomic E-state index is 13.3. The van der Waals surface area contributed by atoms with E-state index in [1.54, 1.807) is 12.1 Å². The van der Waals surface area contributed by atoms with Gasteiger partial charge in [0.05, 0.1) is 19.9 Å². The van der Waals surface area contributed by atoms with E-state index in [0.717, 1.165) is 22.6 Å². The molecule has 33 heavy (non-hydrogen) atoms. The molecule has 1 fully saturated rings. The lowest BCUT2D eigenvalue weighted by molar-refractivity contribution is 0.179. The second kappa shape index (κ2) is 9.54. The predicted molar refractivity (Wildman–Crippen MR) is 125 cm³/mol. The van der Waals surface area contributed by atoms with E-state index in [1.165, 1.54) is 24.6 Å². The molecule has 8 nitrogen and oxygen atoms in total. The van der Waals surface area contributed by atoms with Crippen LogP contribution in [0.15, 0.2) is 51.8 Å². The molecule has 0 N–H and O–H groups in total. The summed E-state index contributed by atoms with van der Waals surface area (Å²) in [7, 11) is -0.741. The molecule has 0 radical (unpaired) electrons. The minimum Gasteiger partial charge on any atom is -0.497 e. The second-order valence-corrected chi connectivity index (χ2v) is 9.94. The average Bonchev–Trinajstić information content (AvgIpc) is 3.19. The number of methoxy groups -OCH3 is 2. The van der Waals surface area contributed by atoms with Gasteiger partial charge in [-0.25, -0.2) is 13.4 Å². The van der Waals surface area contributed by atoms with Gasteiger partial charge in [-0.1, -0.05) is 18.2 Å². The fraction of sp³-hybridized carbons (Fsp3) is 0.375. The lowest BCUT2D eigenvalue weighted by atomic mass is 10.1. The number of aryl methyl sites for hydroxylation is 2. The van der Waals surface area contributed by atoms with Gasteiger partial charge >= 0.3 is 0 Å². The lowest BCUT2D eigenvalue weighted by Crippen LogP contribution is -2.48. The molecule has 0 amide bonds. The van der Waals surface area contributed by atoms with Crippen molar-refractivity contribution in [3.63, 3.8) is 0 Å². The number of hydrogen-bond acceptors (Lipinski definition) is 7. The number of benzene rings is 2. The molecule has 0 atom stereocenters. The zero-order valence-corrected chi connectivity index (χ0v) is 20.2. The number of hydrogen-bond donors (Lipinski definition) is 0. The zero-order chi connectivity index (χ0) is 23.6. The summed E-state index contributed by atoms with van der Waals surface area (Å²) in [6, 6.07) is 12.8. The SMILES string of the molecule is COc1ccc(OC)c(S(=O)(=O)N2CCN(Cc3nc(-c4ccccc4C)oc3C)CC2)c1. The molecular weight excluding hydrogens is 442 g/mol. The fourth-order valence-electron chi connectivity index (χ4n) is 3.97. The van der Waals surface area contributed by atoms with Gasteiger partial charge in [0, 0.05) is 44.4 Å². The van der Waals surface area contributed by atoms with Crippen LogP contribution in [0.1, 0.15) is 17.0 Å². The van der Waals surface area contributed by atoms with Gasteiger partial charge < -0.3 is 13.9 Å². The van der Waals surface area contributed by atoms with Gasteiger partial charge in [-0.15, -0.1) is 0 Å². The van der Waals surface area contributed by atoms with Crippen molar-refractivity contribution in [3.8, 4) is 23.0 Å². The molecule has 1 saturated heterocycles. The van der Waals surface area contributed by atoms with E-state index >= 15 is 0 Å². The Morgan fingerprint density at radius 2 is 1.73 bits per heavy atom. The number of piperazine rings is 1. The summed E-state index contributed by atoms with van der Waals surface area (Å²) in [6.45, 7) is 6.51. The highest BCUT2D eigenvalue weighted by Gasteiger charge is 2.31. The van der Waals surface area contributed by atoms with E-state index in [2.05, 4.69) is 4.90 Å². The molecule has 4 rings (SSSR count). The first kappa shape index (κ1) is 23.3. The first-order valence-electron chi connectivity index (χ1n) is 10.8. The maximum Gasteiger partial charge on any atom is 0.246 e. The fourth-order valence-corrected chi connectivity index (χ4v) is 5.56. The molecular formula is C24H29N3O5S. The Balaban J connectivity index is 1.45. The maximum atomic E-state index is 13.3. The summed E-state index contributed by atoms with van der Waals surface area (Å²) in [5.41, 5.74) is 2.96. The van der Waals surface area contributed by atoms with E-state index in [4.69, 9.17) is 18.9 Å². The minimum atomic E-state index is -3.71. The van der Waals surface area contributed by atoms with Crippen LogP contribution in [0.25, 0.3) is 11.5 Å². The molecule has 0 spiro atoms. The number of ether oxygens (including phenoxy) is 2. The van der Waals surface area contributed by atoms with E-state index in [0.29, 0.717) is 50.1 Å². The van der Waals surface area contributed by atoms with Crippen LogP contribution in [-0.4, -0.2) is 63.0 Å². The average molecular weight is 472 g/mol. The van der Waals surface area contributed by atoms with Crippen molar-refractivity contribution >= 4 is 10.0 Å². The van der Waals surface area contributed by atoms with E-state index < -0.39 is 10.0 Å². The van der Waals surface area contributed by atoms with E-state index in [1.807, 2.05) is 38.1 Å². The first-order valence-corrected chi connectivity index (χ1v) is 12.2.